The van der Waals surface area contributed by atoms with Crippen LogP contribution in [0.3, 0.4) is 0 Å². The number of hydrogen-bond donors (Lipinski definition) is 0. The Kier molecular flexibility index (Phi) is 4.15. The van der Waals surface area contributed by atoms with Gasteiger partial charge in [-0.15, -0.1) is 0 Å². The van der Waals surface area contributed by atoms with E-state index in [1.807, 2.05) is 47.2 Å². The molecule has 4 aromatic rings. The molecule has 0 aliphatic carbocycles. The zero-order valence-electron chi connectivity index (χ0n) is 12.5. The van der Waals surface area contributed by atoms with Crippen molar-refractivity contribution in [3.63, 3.8) is 0 Å². The number of carbonyl (C=O) groups excluding carboxylic acids is 1. The van der Waals surface area contributed by atoms with E-state index in [0.717, 1.165) is 21.5 Å². The lowest BCUT2D eigenvalue weighted by Gasteiger charge is -2.07. The highest BCUT2D eigenvalue weighted by atomic mass is 32.2. The van der Waals surface area contributed by atoms with Crippen molar-refractivity contribution in [3.8, 4) is 11.6 Å². The third-order valence-electron chi connectivity index (χ3n) is 3.49. The number of hydrogen-bond acceptors (Lipinski definition) is 6. The first kappa shape index (κ1) is 15.1. The first-order valence-electron chi connectivity index (χ1n) is 7.30. The third-order valence-corrected chi connectivity index (χ3v) is 5.17. The third kappa shape index (κ3) is 2.98. The average Bonchev–Trinajstić information content (AvgIpc) is 3.32. The van der Waals surface area contributed by atoms with Crippen LogP contribution < -0.4 is 0 Å². The Labute approximate surface area is 146 Å². The van der Waals surface area contributed by atoms with Gasteiger partial charge < -0.3 is 4.42 Å². The average molecular weight is 352 g/mol. The number of fused-ring (bicyclic) bond motifs is 1. The SMILES string of the molecule is O=C(CSc1nc(-c2ccco2)nc2ccccc12)c1ccsc1. The van der Waals surface area contributed by atoms with Gasteiger partial charge in [-0.2, -0.15) is 11.3 Å². The molecule has 4 nitrogen and oxygen atoms in total. The lowest BCUT2D eigenvalue weighted by molar-refractivity contribution is 0.102. The van der Waals surface area contributed by atoms with Crippen molar-refractivity contribution in [1.29, 1.82) is 0 Å². The fourth-order valence-corrected chi connectivity index (χ4v) is 3.89. The molecule has 0 radical (unpaired) electrons. The molecule has 1 aromatic carbocycles. The second kappa shape index (κ2) is 6.59. The van der Waals surface area contributed by atoms with Crippen LogP contribution in [-0.4, -0.2) is 21.5 Å². The number of carbonyl (C=O) groups is 1. The number of thiophene rings is 1. The number of rotatable bonds is 5. The number of thioether (sulfide) groups is 1. The fraction of sp³-hybridized carbons (Fsp3) is 0.0556. The molecule has 0 atom stereocenters. The molecule has 24 heavy (non-hydrogen) atoms. The van der Waals surface area contributed by atoms with Gasteiger partial charge in [-0.1, -0.05) is 30.0 Å². The molecule has 0 N–H and O–H groups in total. The van der Waals surface area contributed by atoms with E-state index < -0.39 is 0 Å². The topological polar surface area (TPSA) is 56.0 Å². The number of para-hydroxylation sites is 1. The summed E-state index contributed by atoms with van der Waals surface area (Å²) in [6.07, 6.45) is 1.60. The molecule has 0 aliphatic rings. The normalized spacial score (nSPS) is 11.0. The molecule has 6 heteroatoms. The van der Waals surface area contributed by atoms with Gasteiger partial charge in [-0.3, -0.25) is 4.79 Å². The van der Waals surface area contributed by atoms with Gasteiger partial charge in [-0.05, 0) is 29.6 Å². The molecular formula is C18H12N2O2S2. The molecule has 0 fully saturated rings. The highest BCUT2D eigenvalue weighted by Crippen LogP contribution is 2.29. The summed E-state index contributed by atoms with van der Waals surface area (Å²) in [6, 6.07) is 13.3. The van der Waals surface area contributed by atoms with Gasteiger partial charge in [0.2, 0.25) is 0 Å². The second-order valence-corrected chi connectivity index (χ2v) is 6.81. The minimum atomic E-state index is 0.100. The second-order valence-electron chi connectivity index (χ2n) is 5.07. The predicted octanol–water partition coefficient (Wildman–Crippen LogP) is 4.93. The maximum atomic E-state index is 12.3. The van der Waals surface area contributed by atoms with E-state index in [1.54, 1.807) is 12.3 Å². The van der Waals surface area contributed by atoms with Crippen molar-refractivity contribution in [2.75, 3.05) is 5.75 Å². The van der Waals surface area contributed by atoms with Gasteiger partial charge >= 0.3 is 0 Å². The van der Waals surface area contributed by atoms with E-state index in [9.17, 15) is 4.79 Å². The van der Waals surface area contributed by atoms with E-state index >= 15 is 0 Å². The van der Waals surface area contributed by atoms with Crippen LogP contribution in [-0.2, 0) is 0 Å². The van der Waals surface area contributed by atoms with Gasteiger partial charge in [0.15, 0.2) is 17.4 Å². The van der Waals surface area contributed by atoms with Crippen LogP contribution in [0, 0.1) is 0 Å². The first-order valence-corrected chi connectivity index (χ1v) is 9.23. The summed E-state index contributed by atoms with van der Waals surface area (Å²) in [7, 11) is 0. The molecule has 0 amide bonds. The van der Waals surface area contributed by atoms with Crippen LogP contribution in [0.2, 0.25) is 0 Å². The summed E-state index contributed by atoms with van der Waals surface area (Å²) >= 11 is 2.95. The maximum Gasteiger partial charge on any atom is 0.197 e. The van der Waals surface area contributed by atoms with Gasteiger partial charge in [0, 0.05) is 16.3 Å². The molecule has 0 saturated heterocycles. The summed E-state index contributed by atoms with van der Waals surface area (Å²) in [5.41, 5.74) is 1.58. The summed E-state index contributed by atoms with van der Waals surface area (Å²) < 4.78 is 5.41. The Morgan fingerprint density at radius 1 is 1.12 bits per heavy atom. The lowest BCUT2D eigenvalue weighted by Crippen LogP contribution is -2.01. The maximum absolute atomic E-state index is 12.3. The first-order chi connectivity index (χ1) is 11.8. The van der Waals surface area contributed by atoms with Crippen LogP contribution in [0.15, 0.2) is 68.9 Å². The molecule has 3 aromatic heterocycles. The van der Waals surface area contributed by atoms with Crippen LogP contribution in [0.5, 0.6) is 0 Å². The predicted molar refractivity (Wildman–Crippen MR) is 96.6 cm³/mol. The zero-order valence-corrected chi connectivity index (χ0v) is 14.1. The number of furan rings is 1. The standard InChI is InChI=1S/C18H12N2O2S2/c21-15(12-7-9-23-10-12)11-24-18-13-4-1-2-5-14(13)19-17(20-18)16-6-3-8-22-16/h1-10H,11H2. The Balaban J connectivity index is 1.69. The Morgan fingerprint density at radius 3 is 2.83 bits per heavy atom. The van der Waals surface area contributed by atoms with Crippen molar-refractivity contribution < 1.29 is 9.21 Å². The largest absolute Gasteiger partial charge is 0.461 e. The van der Waals surface area contributed by atoms with Crippen molar-refractivity contribution in [2.45, 2.75) is 5.03 Å². The summed E-state index contributed by atoms with van der Waals surface area (Å²) in [5, 5.41) is 5.51. The monoisotopic (exact) mass is 352 g/mol. The molecule has 0 bridgehead atoms. The van der Waals surface area contributed by atoms with Crippen LogP contribution in [0.1, 0.15) is 10.4 Å². The number of nitrogens with zero attached hydrogens (tertiary/aromatic N) is 2. The molecule has 4 rings (SSSR count). The number of benzene rings is 1. The van der Waals surface area contributed by atoms with E-state index in [2.05, 4.69) is 9.97 Å². The van der Waals surface area contributed by atoms with Crippen LogP contribution in [0.4, 0.5) is 0 Å². The Bertz CT molecular complexity index is 980. The minimum Gasteiger partial charge on any atom is -0.461 e. The molecular weight excluding hydrogens is 340 g/mol. The highest BCUT2D eigenvalue weighted by Gasteiger charge is 2.14. The smallest absolute Gasteiger partial charge is 0.197 e. The van der Waals surface area contributed by atoms with Gasteiger partial charge in [-0.25, -0.2) is 9.97 Å². The lowest BCUT2D eigenvalue weighted by atomic mass is 10.2. The number of aromatic nitrogens is 2. The van der Waals surface area contributed by atoms with Crippen molar-refractivity contribution in [2.24, 2.45) is 0 Å². The Hall–Kier alpha value is -2.44. The molecule has 0 aliphatic heterocycles. The number of Topliss-reactive ketones (excluding diaryl/α,β-unsaturated/α-hetero) is 1. The molecule has 0 spiro atoms. The van der Waals surface area contributed by atoms with Crippen LogP contribution >= 0.6 is 23.1 Å². The quantitative estimate of drug-likeness (QED) is 0.290. The van der Waals surface area contributed by atoms with Crippen molar-refractivity contribution in [1.82, 2.24) is 9.97 Å². The minimum absolute atomic E-state index is 0.100. The number of ketones is 1. The fourth-order valence-electron chi connectivity index (χ4n) is 2.31. The van der Waals surface area contributed by atoms with E-state index in [4.69, 9.17) is 4.42 Å². The van der Waals surface area contributed by atoms with Gasteiger partial charge in [0.25, 0.3) is 0 Å². The molecule has 0 unspecified atom stereocenters. The van der Waals surface area contributed by atoms with E-state index in [1.165, 1.54) is 23.1 Å². The molecule has 118 valence electrons. The van der Waals surface area contributed by atoms with Gasteiger partial charge in [0.05, 0.1) is 17.5 Å². The van der Waals surface area contributed by atoms with Crippen molar-refractivity contribution in [3.05, 3.63) is 65.1 Å². The summed E-state index contributed by atoms with van der Waals surface area (Å²) in [4.78, 5) is 21.4. The van der Waals surface area contributed by atoms with E-state index in [-0.39, 0.29) is 5.78 Å². The molecule has 0 saturated carbocycles. The summed E-state index contributed by atoms with van der Waals surface area (Å²) in [6.45, 7) is 0. The van der Waals surface area contributed by atoms with E-state index in [0.29, 0.717) is 17.3 Å². The highest BCUT2D eigenvalue weighted by molar-refractivity contribution is 8.00. The zero-order chi connectivity index (χ0) is 16.4. The van der Waals surface area contributed by atoms with Crippen molar-refractivity contribution >= 4 is 39.8 Å². The molecule has 3 heterocycles. The van der Waals surface area contributed by atoms with Gasteiger partial charge in [0.1, 0.15) is 5.03 Å². The summed E-state index contributed by atoms with van der Waals surface area (Å²) in [5.74, 6) is 1.59. The Morgan fingerprint density at radius 2 is 2.04 bits per heavy atom. The van der Waals surface area contributed by atoms with Crippen LogP contribution in [0.25, 0.3) is 22.5 Å².